The van der Waals surface area contributed by atoms with Crippen molar-refractivity contribution in [2.45, 2.75) is 39.7 Å². The summed E-state index contributed by atoms with van der Waals surface area (Å²) >= 11 is 0. The molecule has 24 heavy (non-hydrogen) atoms. The lowest BCUT2D eigenvalue weighted by molar-refractivity contribution is -0.143. The number of nitrogens with zero attached hydrogens (tertiary/aromatic N) is 1. The molecule has 0 spiro atoms. The van der Waals surface area contributed by atoms with Crippen LogP contribution < -0.4 is 0 Å². The molecular weight excluding hydrogens is 338 g/mol. The lowest BCUT2D eigenvalue weighted by atomic mass is 10.0. The quantitative estimate of drug-likeness (QED) is 0.232. The standard InChI is InChI=1S/C15H29NO6S.H2O/c1-6-15(12-23(18,19)20,11-16(7-2)8-3)22-10-9-21-14(17)13(4)5;/h4,6-12H2,1-3,5H3,(H,18,19,20);1H2. The molecule has 144 valence electrons. The second kappa shape index (κ2) is 11.5. The summed E-state index contributed by atoms with van der Waals surface area (Å²) in [4.78, 5) is 13.3. The van der Waals surface area contributed by atoms with Gasteiger partial charge in [0.15, 0.2) is 0 Å². The first-order valence-electron chi connectivity index (χ1n) is 7.73. The first-order valence-corrected chi connectivity index (χ1v) is 9.34. The molecule has 0 radical (unpaired) electrons. The van der Waals surface area contributed by atoms with E-state index in [1.54, 1.807) is 6.92 Å². The molecule has 3 N–H and O–H groups in total. The normalized spacial score (nSPS) is 13.9. The van der Waals surface area contributed by atoms with Crippen LogP contribution in [-0.2, 0) is 24.4 Å². The minimum absolute atomic E-state index is 0. The van der Waals surface area contributed by atoms with Crippen molar-refractivity contribution in [2.24, 2.45) is 0 Å². The van der Waals surface area contributed by atoms with Crippen molar-refractivity contribution in [2.75, 3.05) is 38.6 Å². The maximum atomic E-state index is 11.4. The van der Waals surface area contributed by atoms with Crippen LogP contribution in [0, 0.1) is 0 Å². The van der Waals surface area contributed by atoms with Crippen LogP contribution in [0.15, 0.2) is 12.2 Å². The minimum Gasteiger partial charge on any atom is -0.460 e. The van der Waals surface area contributed by atoms with Crippen LogP contribution in [0.3, 0.4) is 0 Å². The van der Waals surface area contributed by atoms with Crippen molar-refractivity contribution in [3.8, 4) is 0 Å². The van der Waals surface area contributed by atoms with Crippen LogP contribution in [-0.4, -0.2) is 73.5 Å². The van der Waals surface area contributed by atoms with E-state index in [1.807, 2.05) is 18.7 Å². The zero-order valence-corrected chi connectivity index (χ0v) is 15.8. The van der Waals surface area contributed by atoms with Gasteiger partial charge in [0.2, 0.25) is 0 Å². The van der Waals surface area contributed by atoms with Gasteiger partial charge < -0.3 is 19.8 Å². The van der Waals surface area contributed by atoms with Crippen molar-refractivity contribution >= 4 is 16.1 Å². The molecule has 0 amide bonds. The molecule has 0 aliphatic rings. The van der Waals surface area contributed by atoms with Crippen LogP contribution in [0.25, 0.3) is 0 Å². The zero-order chi connectivity index (χ0) is 18.1. The first-order chi connectivity index (χ1) is 10.6. The highest BCUT2D eigenvalue weighted by Gasteiger charge is 2.36. The molecule has 1 unspecified atom stereocenters. The molecule has 0 heterocycles. The third-order valence-electron chi connectivity index (χ3n) is 3.57. The van der Waals surface area contributed by atoms with E-state index in [4.69, 9.17) is 9.47 Å². The number of carbonyl (C=O) groups excluding carboxylic acids is 1. The van der Waals surface area contributed by atoms with Crippen molar-refractivity contribution < 1.29 is 32.7 Å². The number of rotatable bonds is 12. The molecule has 9 heteroatoms. The topological polar surface area (TPSA) is 125 Å². The maximum Gasteiger partial charge on any atom is 0.333 e. The average molecular weight is 369 g/mol. The molecule has 0 bridgehead atoms. The Morgan fingerprint density at radius 3 is 2.12 bits per heavy atom. The van der Waals surface area contributed by atoms with E-state index in [0.29, 0.717) is 13.0 Å². The van der Waals surface area contributed by atoms with Crippen molar-refractivity contribution in [1.82, 2.24) is 4.90 Å². The summed E-state index contributed by atoms with van der Waals surface area (Å²) < 4.78 is 42.6. The van der Waals surface area contributed by atoms with E-state index in [-0.39, 0.29) is 24.3 Å². The maximum absolute atomic E-state index is 11.4. The number of hydrogen-bond donors (Lipinski definition) is 1. The van der Waals surface area contributed by atoms with Gasteiger partial charge >= 0.3 is 5.97 Å². The summed E-state index contributed by atoms with van der Waals surface area (Å²) in [6, 6.07) is 0. The molecule has 0 saturated carbocycles. The first kappa shape index (κ1) is 25.2. The highest BCUT2D eigenvalue weighted by atomic mass is 32.2. The smallest absolute Gasteiger partial charge is 0.333 e. The molecule has 8 nitrogen and oxygen atoms in total. The SMILES string of the molecule is C=C(C)C(=O)OCCOC(CC)(CN(CC)CC)CS(=O)(=O)O.O. The van der Waals surface area contributed by atoms with E-state index in [0.717, 1.165) is 13.1 Å². The predicted octanol–water partition coefficient (Wildman–Crippen LogP) is 0.676. The van der Waals surface area contributed by atoms with Crippen LogP contribution in [0.1, 0.15) is 34.1 Å². The highest BCUT2D eigenvalue weighted by molar-refractivity contribution is 7.85. The Morgan fingerprint density at radius 1 is 1.21 bits per heavy atom. The molecular formula is C15H31NO7S. The summed E-state index contributed by atoms with van der Waals surface area (Å²) in [7, 11) is -4.20. The highest BCUT2D eigenvalue weighted by Crippen LogP contribution is 2.20. The van der Waals surface area contributed by atoms with Crippen LogP contribution in [0.2, 0.25) is 0 Å². The van der Waals surface area contributed by atoms with Gasteiger partial charge in [-0.05, 0) is 26.4 Å². The van der Waals surface area contributed by atoms with Crippen LogP contribution >= 0.6 is 0 Å². The lowest BCUT2D eigenvalue weighted by Crippen LogP contribution is -2.50. The fourth-order valence-electron chi connectivity index (χ4n) is 2.15. The van der Waals surface area contributed by atoms with E-state index in [2.05, 4.69) is 6.58 Å². The summed E-state index contributed by atoms with van der Waals surface area (Å²) in [6.07, 6.45) is 0.401. The molecule has 0 aromatic heterocycles. The second-order valence-corrected chi connectivity index (χ2v) is 6.94. The third kappa shape index (κ3) is 9.99. The third-order valence-corrected chi connectivity index (χ3v) is 4.46. The summed E-state index contributed by atoms with van der Waals surface area (Å²) in [5.41, 5.74) is -0.761. The Hall–Kier alpha value is -1.00. The van der Waals surface area contributed by atoms with Crippen LogP contribution in [0.5, 0.6) is 0 Å². The number of ether oxygens (including phenoxy) is 2. The average Bonchev–Trinajstić information content (AvgIpc) is 2.46. The van der Waals surface area contributed by atoms with Gasteiger partial charge in [-0.1, -0.05) is 27.4 Å². The van der Waals surface area contributed by atoms with Gasteiger partial charge in [-0.25, -0.2) is 4.79 Å². The van der Waals surface area contributed by atoms with Gasteiger partial charge in [0, 0.05) is 12.1 Å². The van der Waals surface area contributed by atoms with Gasteiger partial charge in [-0.3, -0.25) is 4.55 Å². The Balaban J connectivity index is 0. The molecule has 0 aliphatic carbocycles. The summed E-state index contributed by atoms with van der Waals surface area (Å²) in [6.45, 7) is 12.6. The summed E-state index contributed by atoms with van der Waals surface area (Å²) in [5.74, 6) is -1.02. The Morgan fingerprint density at radius 2 is 1.75 bits per heavy atom. The second-order valence-electron chi connectivity index (χ2n) is 5.49. The van der Waals surface area contributed by atoms with Crippen molar-refractivity contribution in [3.05, 3.63) is 12.2 Å². The monoisotopic (exact) mass is 369 g/mol. The van der Waals surface area contributed by atoms with E-state index in [1.165, 1.54) is 6.92 Å². The Bertz CT molecular complexity index is 488. The lowest BCUT2D eigenvalue weighted by Gasteiger charge is -2.36. The largest absolute Gasteiger partial charge is 0.460 e. The van der Waals surface area contributed by atoms with E-state index < -0.39 is 27.4 Å². The van der Waals surface area contributed by atoms with Crippen LogP contribution in [0.4, 0.5) is 0 Å². The van der Waals surface area contributed by atoms with Gasteiger partial charge in [-0.2, -0.15) is 8.42 Å². The number of esters is 1. The molecule has 0 fully saturated rings. The fraction of sp³-hybridized carbons (Fsp3) is 0.800. The summed E-state index contributed by atoms with van der Waals surface area (Å²) in [5, 5.41) is 0. The van der Waals surface area contributed by atoms with Gasteiger partial charge in [0.05, 0.1) is 12.2 Å². The van der Waals surface area contributed by atoms with Crippen molar-refractivity contribution in [3.63, 3.8) is 0 Å². The van der Waals surface area contributed by atoms with Gasteiger partial charge in [-0.15, -0.1) is 0 Å². The van der Waals surface area contributed by atoms with E-state index >= 15 is 0 Å². The Labute approximate surface area is 144 Å². The molecule has 0 aromatic rings. The van der Waals surface area contributed by atoms with Gasteiger partial charge in [0.1, 0.15) is 12.4 Å². The molecule has 0 saturated heterocycles. The molecule has 0 aliphatic heterocycles. The number of hydrogen-bond acceptors (Lipinski definition) is 6. The minimum atomic E-state index is -4.20. The molecule has 0 aromatic carbocycles. The van der Waals surface area contributed by atoms with Gasteiger partial charge in [0.25, 0.3) is 10.1 Å². The number of carbonyl (C=O) groups is 1. The fourth-order valence-corrected chi connectivity index (χ4v) is 3.20. The number of likely N-dealkylation sites (N-methyl/N-ethyl adjacent to an activating group) is 1. The Kier molecular flexibility index (Phi) is 12.1. The zero-order valence-electron chi connectivity index (χ0n) is 15.0. The van der Waals surface area contributed by atoms with E-state index in [9.17, 15) is 17.8 Å². The molecule has 0 rings (SSSR count). The van der Waals surface area contributed by atoms with Crippen molar-refractivity contribution in [1.29, 1.82) is 0 Å². The predicted molar refractivity (Wildman–Crippen MR) is 92.6 cm³/mol. The molecule has 1 atom stereocenters.